The van der Waals surface area contributed by atoms with E-state index in [0.29, 0.717) is 6.42 Å². The molecular formula is C13H27NO2. The van der Waals surface area contributed by atoms with Crippen molar-refractivity contribution in [1.82, 2.24) is 5.48 Å². The summed E-state index contributed by atoms with van der Waals surface area (Å²) >= 11 is 0. The van der Waals surface area contributed by atoms with E-state index in [1.54, 1.807) is 0 Å². The van der Waals surface area contributed by atoms with Gasteiger partial charge < -0.3 is 4.84 Å². The fourth-order valence-corrected chi connectivity index (χ4v) is 1.48. The lowest BCUT2D eigenvalue weighted by atomic mass is 10.1. The van der Waals surface area contributed by atoms with Gasteiger partial charge in [-0.3, -0.25) is 4.79 Å². The molecule has 0 saturated heterocycles. The number of unbranched alkanes of at least 4 members (excludes halogenated alkanes) is 6. The van der Waals surface area contributed by atoms with Crippen LogP contribution in [0.25, 0.3) is 0 Å². The molecule has 0 aliphatic rings. The summed E-state index contributed by atoms with van der Waals surface area (Å²) in [6.07, 6.45) is 9.91. The molecule has 1 N–H and O–H groups in total. The molecule has 0 atom stereocenters. The van der Waals surface area contributed by atoms with Crippen molar-refractivity contribution in [2.24, 2.45) is 0 Å². The molecule has 0 unspecified atom stereocenters. The van der Waals surface area contributed by atoms with E-state index < -0.39 is 0 Å². The van der Waals surface area contributed by atoms with Crippen molar-refractivity contribution >= 4 is 5.97 Å². The third-order valence-corrected chi connectivity index (χ3v) is 2.55. The molecule has 0 aliphatic carbocycles. The Kier molecular flexibility index (Phi) is 12.1. The fraction of sp³-hybridized carbons (Fsp3) is 0.923. The normalized spacial score (nSPS) is 10.4. The van der Waals surface area contributed by atoms with Gasteiger partial charge in [-0.15, -0.1) is 0 Å². The maximum Gasteiger partial charge on any atom is 0.324 e. The molecule has 0 saturated carbocycles. The van der Waals surface area contributed by atoms with Crippen LogP contribution in [0.2, 0.25) is 0 Å². The van der Waals surface area contributed by atoms with Crippen molar-refractivity contribution in [2.75, 3.05) is 6.54 Å². The van der Waals surface area contributed by atoms with E-state index >= 15 is 0 Å². The Balaban J connectivity index is 3.11. The maximum absolute atomic E-state index is 11.2. The van der Waals surface area contributed by atoms with Gasteiger partial charge in [0.2, 0.25) is 0 Å². The third-order valence-electron chi connectivity index (χ3n) is 2.55. The van der Waals surface area contributed by atoms with Crippen molar-refractivity contribution in [2.45, 2.75) is 71.6 Å². The predicted octanol–water partition coefficient (Wildman–Crippen LogP) is 3.58. The summed E-state index contributed by atoms with van der Waals surface area (Å²) in [5.74, 6) is -0.119. The van der Waals surface area contributed by atoms with Crippen LogP contribution >= 0.6 is 0 Å². The van der Waals surface area contributed by atoms with Crippen LogP contribution in [-0.2, 0) is 9.63 Å². The first kappa shape index (κ1) is 15.4. The maximum atomic E-state index is 11.2. The molecule has 0 bridgehead atoms. The van der Waals surface area contributed by atoms with E-state index in [1.165, 1.54) is 25.7 Å². The van der Waals surface area contributed by atoms with Gasteiger partial charge in [0, 0.05) is 13.0 Å². The van der Waals surface area contributed by atoms with Crippen LogP contribution in [0.4, 0.5) is 0 Å². The summed E-state index contributed by atoms with van der Waals surface area (Å²) in [6, 6.07) is 0. The summed E-state index contributed by atoms with van der Waals surface area (Å²) in [5.41, 5.74) is 2.70. The minimum atomic E-state index is -0.119. The van der Waals surface area contributed by atoms with Crippen LogP contribution in [0.15, 0.2) is 0 Å². The largest absolute Gasteiger partial charge is 0.371 e. The Hall–Kier alpha value is -0.570. The minimum absolute atomic E-state index is 0.119. The summed E-state index contributed by atoms with van der Waals surface area (Å²) < 4.78 is 0. The Labute approximate surface area is 99.9 Å². The Morgan fingerprint density at radius 2 is 1.56 bits per heavy atom. The van der Waals surface area contributed by atoms with E-state index in [2.05, 4.69) is 19.3 Å². The van der Waals surface area contributed by atoms with Gasteiger partial charge in [-0.1, -0.05) is 52.4 Å². The van der Waals surface area contributed by atoms with Gasteiger partial charge in [0.15, 0.2) is 0 Å². The lowest BCUT2D eigenvalue weighted by Gasteiger charge is -2.04. The van der Waals surface area contributed by atoms with E-state index in [-0.39, 0.29) is 5.97 Å². The summed E-state index contributed by atoms with van der Waals surface area (Å²) in [5, 5.41) is 0. The van der Waals surface area contributed by atoms with E-state index in [0.717, 1.165) is 32.2 Å². The van der Waals surface area contributed by atoms with E-state index in [9.17, 15) is 4.79 Å². The first-order chi connectivity index (χ1) is 7.81. The van der Waals surface area contributed by atoms with Gasteiger partial charge in [0.1, 0.15) is 0 Å². The lowest BCUT2D eigenvalue weighted by molar-refractivity contribution is -0.151. The van der Waals surface area contributed by atoms with Gasteiger partial charge in [0.05, 0.1) is 0 Å². The highest BCUT2D eigenvalue weighted by Gasteiger charge is 2.01. The van der Waals surface area contributed by atoms with Crippen molar-refractivity contribution < 1.29 is 9.63 Å². The molecule has 96 valence electrons. The van der Waals surface area contributed by atoms with E-state index in [4.69, 9.17) is 4.84 Å². The monoisotopic (exact) mass is 229 g/mol. The van der Waals surface area contributed by atoms with Crippen LogP contribution in [0.1, 0.15) is 71.6 Å². The first-order valence-corrected chi connectivity index (χ1v) is 6.73. The average Bonchev–Trinajstić information content (AvgIpc) is 2.29. The minimum Gasteiger partial charge on any atom is -0.371 e. The Bertz CT molecular complexity index is 160. The lowest BCUT2D eigenvalue weighted by Crippen LogP contribution is -2.20. The quantitative estimate of drug-likeness (QED) is 0.434. The van der Waals surface area contributed by atoms with Gasteiger partial charge in [-0.2, -0.15) is 5.48 Å². The second-order valence-electron chi connectivity index (χ2n) is 4.24. The molecule has 3 heteroatoms. The zero-order chi connectivity index (χ0) is 12.1. The second-order valence-corrected chi connectivity index (χ2v) is 4.24. The fourth-order valence-electron chi connectivity index (χ4n) is 1.48. The number of nitrogens with one attached hydrogen (secondary N) is 1. The molecule has 0 aliphatic heterocycles. The molecule has 3 nitrogen and oxygen atoms in total. The van der Waals surface area contributed by atoms with Crippen molar-refractivity contribution in [3.8, 4) is 0 Å². The molecular weight excluding hydrogens is 202 g/mol. The number of carbonyl (C=O) groups excluding carboxylic acids is 1. The Morgan fingerprint density at radius 3 is 2.25 bits per heavy atom. The summed E-state index contributed by atoms with van der Waals surface area (Å²) in [4.78, 5) is 16.1. The summed E-state index contributed by atoms with van der Waals surface area (Å²) in [7, 11) is 0. The smallest absolute Gasteiger partial charge is 0.324 e. The molecule has 0 rings (SSSR count). The second kappa shape index (κ2) is 12.5. The Morgan fingerprint density at radius 1 is 0.938 bits per heavy atom. The molecule has 0 spiro atoms. The van der Waals surface area contributed by atoms with Gasteiger partial charge in [0.25, 0.3) is 0 Å². The molecule has 0 aromatic carbocycles. The van der Waals surface area contributed by atoms with Gasteiger partial charge >= 0.3 is 5.97 Å². The molecule has 0 amide bonds. The topological polar surface area (TPSA) is 38.3 Å². The standard InChI is InChI=1S/C13H27NO2/c1-3-5-7-8-9-10-11-13(15)16-14-12-6-4-2/h14H,3-12H2,1-2H3. The third kappa shape index (κ3) is 11.5. The SMILES string of the molecule is CCCCCCCCC(=O)ONCCCC. The number of hydroxylamine groups is 1. The number of rotatable bonds is 11. The van der Waals surface area contributed by atoms with Crippen LogP contribution in [0, 0.1) is 0 Å². The van der Waals surface area contributed by atoms with Crippen LogP contribution < -0.4 is 5.48 Å². The molecule has 0 heterocycles. The number of hydrogen-bond donors (Lipinski definition) is 1. The van der Waals surface area contributed by atoms with Crippen molar-refractivity contribution in [3.63, 3.8) is 0 Å². The zero-order valence-electron chi connectivity index (χ0n) is 10.9. The molecule has 0 aromatic rings. The number of hydrogen-bond acceptors (Lipinski definition) is 3. The van der Waals surface area contributed by atoms with Crippen molar-refractivity contribution in [1.29, 1.82) is 0 Å². The van der Waals surface area contributed by atoms with Gasteiger partial charge in [-0.25, -0.2) is 0 Å². The van der Waals surface area contributed by atoms with E-state index in [1.807, 2.05) is 0 Å². The highest BCUT2D eigenvalue weighted by molar-refractivity contribution is 5.68. The highest BCUT2D eigenvalue weighted by atomic mass is 16.7. The summed E-state index contributed by atoms with van der Waals surface area (Å²) in [6.45, 7) is 5.08. The molecule has 16 heavy (non-hydrogen) atoms. The highest BCUT2D eigenvalue weighted by Crippen LogP contribution is 2.07. The zero-order valence-corrected chi connectivity index (χ0v) is 10.9. The predicted molar refractivity (Wildman–Crippen MR) is 67.0 cm³/mol. The van der Waals surface area contributed by atoms with Crippen LogP contribution in [0.3, 0.4) is 0 Å². The molecule has 0 radical (unpaired) electrons. The molecule has 0 fully saturated rings. The van der Waals surface area contributed by atoms with Crippen molar-refractivity contribution in [3.05, 3.63) is 0 Å². The molecule has 0 aromatic heterocycles. The van der Waals surface area contributed by atoms with Gasteiger partial charge in [-0.05, 0) is 12.8 Å². The first-order valence-electron chi connectivity index (χ1n) is 6.73. The van der Waals surface area contributed by atoms with Crippen LogP contribution in [-0.4, -0.2) is 12.5 Å². The number of carbonyl (C=O) groups is 1. The van der Waals surface area contributed by atoms with Crippen LogP contribution in [0.5, 0.6) is 0 Å². The average molecular weight is 229 g/mol.